The van der Waals surface area contributed by atoms with E-state index in [2.05, 4.69) is 5.32 Å². The SMILES string of the molecule is CC1C(C(=O)O)CCN1C(=O)[C@H]1CCCNC1. The number of hydrogen-bond donors (Lipinski definition) is 2. The number of rotatable bonds is 2. The van der Waals surface area contributed by atoms with Gasteiger partial charge >= 0.3 is 5.97 Å². The standard InChI is InChI=1S/C12H20N2O3/c1-8-10(12(16)17)4-6-14(8)11(15)9-3-2-5-13-7-9/h8-10,13H,2-7H2,1H3,(H,16,17)/t8?,9-,10?/m0/s1. The Bertz CT molecular complexity index is 313. The number of nitrogens with zero attached hydrogens (tertiary/aromatic N) is 1. The normalized spacial score (nSPS) is 33.7. The maximum atomic E-state index is 12.3. The molecule has 0 aromatic rings. The number of likely N-dealkylation sites (tertiary alicyclic amines) is 1. The second kappa shape index (κ2) is 5.04. The van der Waals surface area contributed by atoms with E-state index in [0.717, 1.165) is 25.9 Å². The van der Waals surface area contributed by atoms with Crippen molar-refractivity contribution >= 4 is 11.9 Å². The van der Waals surface area contributed by atoms with E-state index in [0.29, 0.717) is 13.0 Å². The first-order valence-corrected chi connectivity index (χ1v) is 6.35. The van der Waals surface area contributed by atoms with Crippen molar-refractivity contribution in [3.63, 3.8) is 0 Å². The van der Waals surface area contributed by atoms with Crippen molar-refractivity contribution in [2.24, 2.45) is 11.8 Å². The van der Waals surface area contributed by atoms with E-state index in [4.69, 9.17) is 5.11 Å². The number of amides is 1. The zero-order valence-electron chi connectivity index (χ0n) is 10.2. The molecule has 5 nitrogen and oxygen atoms in total. The summed E-state index contributed by atoms with van der Waals surface area (Å²) in [6.07, 6.45) is 2.54. The highest BCUT2D eigenvalue weighted by Gasteiger charge is 2.40. The zero-order valence-corrected chi connectivity index (χ0v) is 10.2. The fourth-order valence-electron chi connectivity index (χ4n) is 2.88. The minimum atomic E-state index is -0.783. The van der Waals surface area contributed by atoms with Crippen molar-refractivity contribution in [1.82, 2.24) is 10.2 Å². The number of piperidine rings is 1. The highest BCUT2D eigenvalue weighted by atomic mass is 16.4. The molecule has 0 bridgehead atoms. The maximum absolute atomic E-state index is 12.3. The summed E-state index contributed by atoms with van der Waals surface area (Å²) in [5.74, 6) is -1.00. The van der Waals surface area contributed by atoms with Crippen LogP contribution in [0, 0.1) is 11.8 Å². The Kier molecular flexibility index (Phi) is 3.66. The number of aliphatic carboxylic acids is 1. The molecule has 17 heavy (non-hydrogen) atoms. The lowest BCUT2D eigenvalue weighted by atomic mass is 9.97. The quantitative estimate of drug-likeness (QED) is 0.728. The van der Waals surface area contributed by atoms with Crippen molar-refractivity contribution < 1.29 is 14.7 Å². The molecule has 2 aliphatic rings. The predicted octanol–water partition coefficient (Wildman–Crippen LogP) is 0.308. The Morgan fingerprint density at radius 3 is 2.65 bits per heavy atom. The summed E-state index contributed by atoms with van der Waals surface area (Å²) in [5, 5.41) is 12.3. The van der Waals surface area contributed by atoms with Gasteiger partial charge in [0, 0.05) is 19.1 Å². The van der Waals surface area contributed by atoms with E-state index in [-0.39, 0.29) is 17.9 Å². The topological polar surface area (TPSA) is 69.6 Å². The molecule has 2 unspecified atom stereocenters. The average molecular weight is 240 g/mol. The maximum Gasteiger partial charge on any atom is 0.308 e. The Balaban J connectivity index is 1.98. The van der Waals surface area contributed by atoms with Gasteiger partial charge in [0.05, 0.1) is 11.8 Å². The zero-order chi connectivity index (χ0) is 12.4. The third-order valence-electron chi connectivity index (χ3n) is 4.00. The van der Waals surface area contributed by atoms with Crippen LogP contribution in [0.3, 0.4) is 0 Å². The predicted molar refractivity (Wildman–Crippen MR) is 62.5 cm³/mol. The molecule has 2 heterocycles. The molecular weight excluding hydrogens is 220 g/mol. The van der Waals surface area contributed by atoms with E-state index in [1.807, 2.05) is 6.92 Å². The molecule has 96 valence electrons. The van der Waals surface area contributed by atoms with Gasteiger partial charge in [-0.05, 0) is 32.7 Å². The molecule has 0 aliphatic carbocycles. The molecule has 2 aliphatic heterocycles. The molecule has 0 aromatic carbocycles. The second-order valence-corrected chi connectivity index (χ2v) is 5.05. The smallest absolute Gasteiger partial charge is 0.308 e. The second-order valence-electron chi connectivity index (χ2n) is 5.05. The molecule has 2 N–H and O–H groups in total. The largest absolute Gasteiger partial charge is 0.481 e. The number of hydrogen-bond acceptors (Lipinski definition) is 3. The van der Waals surface area contributed by atoms with Gasteiger partial charge < -0.3 is 15.3 Å². The number of nitrogens with one attached hydrogen (secondary N) is 1. The third-order valence-corrected chi connectivity index (χ3v) is 4.00. The van der Waals surface area contributed by atoms with E-state index < -0.39 is 11.9 Å². The molecule has 0 radical (unpaired) electrons. The van der Waals surface area contributed by atoms with Crippen molar-refractivity contribution in [1.29, 1.82) is 0 Å². The summed E-state index contributed by atoms with van der Waals surface area (Å²) in [6.45, 7) is 4.16. The molecular formula is C12H20N2O3. The number of carboxylic acids is 1. The van der Waals surface area contributed by atoms with E-state index in [1.54, 1.807) is 4.90 Å². The van der Waals surface area contributed by atoms with Crippen LogP contribution in [0.25, 0.3) is 0 Å². The van der Waals surface area contributed by atoms with Crippen molar-refractivity contribution in [2.45, 2.75) is 32.2 Å². The summed E-state index contributed by atoms with van der Waals surface area (Å²) in [6, 6.07) is -0.165. The van der Waals surface area contributed by atoms with E-state index in [1.165, 1.54) is 0 Å². The highest BCUT2D eigenvalue weighted by molar-refractivity contribution is 5.81. The number of carbonyl (C=O) groups is 2. The van der Waals surface area contributed by atoms with Crippen LogP contribution in [-0.2, 0) is 9.59 Å². The molecule has 0 spiro atoms. The Morgan fingerprint density at radius 2 is 2.12 bits per heavy atom. The number of carbonyl (C=O) groups excluding carboxylic acids is 1. The van der Waals surface area contributed by atoms with Crippen LogP contribution in [0.5, 0.6) is 0 Å². The summed E-state index contributed by atoms with van der Waals surface area (Å²) in [5.41, 5.74) is 0. The molecule has 1 amide bonds. The summed E-state index contributed by atoms with van der Waals surface area (Å²) < 4.78 is 0. The minimum Gasteiger partial charge on any atom is -0.481 e. The number of carboxylic acid groups (broad SMARTS) is 1. The van der Waals surface area contributed by atoms with Crippen LogP contribution >= 0.6 is 0 Å². The first-order valence-electron chi connectivity index (χ1n) is 6.35. The highest BCUT2D eigenvalue weighted by Crippen LogP contribution is 2.27. The van der Waals surface area contributed by atoms with Crippen molar-refractivity contribution in [3.05, 3.63) is 0 Å². The van der Waals surface area contributed by atoms with Gasteiger partial charge in [-0.25, -0.2) is 0 Å². The fourth-order valence-corrected chi connectivity index (χ4v) is 2.88. The molecule has 5 heteroatoms. The first-order chi connectivity index (χ1) is 8.11. The van der Waals surface area contributed by atoms with Crippen LogP contribution in [0.1, 0.15) is 26.2 Å². The van der Waals surface area contributed by atoms with Crippen LogP contribution in [0.4, 0.5) is 0 Å². The monoisotopic (exact) mass is 240 g/mol. The van der Waals surface area contributed by atoms with Gasteiger partial charge in [-0.15, -0.1) is 0 Å². The fraction of sp³-hybridized carbons (Fsp3) is 0.833. The molecule has 0 aromatic heterocycles. The first kappa shape index (κ1) is 12.4. The summed E-state index contributed by atoms with van der Waals surface area (Å²) in [7, 11) is 0. The lowest BCUT2D eigenvalue weighted by Gasteiger charge is -2.30. The molecule has 0 saturated carbocycles. The van der Waals surface area contributed by atoms with Gasteiger partial charge in [0.1, 0.15) is 0 Å². The Labute approximate surface area is 101 Å². The molecule has 2 fully saturated rings. The van der Waals surface area contributed by atoms with Crippen molar-refractivity contribution in [3.8, 4) is 0 Å². The lowest BCUT2D eigenvalue weighted by molar-refractivity contribution is -0.143. The van der Waals surface area contributed by atoms with Gasteiger partial charge in [0.25, 0.3) is 0 Å². The van der Waals surface area contributed by atoms with Crippen molar-refractivity contribution in [2.75, 3.05) is 19.6 Å². The van der Waals surface area contributed by atoms with Crippen LogP contribution in [0.15, 0.2) is 0 Å². The molecule has 2 saturated heterocycles. The van der Waals surface area contributed by atoms with Gasteiger partial charge in [-0.1, -0.05) is 0 Å². The summed E-state index contributed by atoms with van der Waals surface area (Å²) in [4.78, 5) is 25.0. The molecule has 3 atom stereocenters. The minimum absolute atomic E-state index is 0.0405. The van der Waals surface area contributed by atoms with Gasteiger partial charge in [-0.2, -0.15) is 0 Å². The third kappa shape index (κ3) is 2.44. The molecule has 2 rings (SSSR count). The lowest BCUT2D eigenvalue weighted by Crippen LogP contribution is -2.45. The van der Waals surface area contributed by atoms with Gasteiger partial charge in [0.15, 0.2) is 0 Å². The van der Waals surface area contributed by atoms with Gasteiger partial charge in [-0.3, -0.25) is 9.59 Å². The van der Waals surface area contributed by atoms with Crippen LogP contribution in [-0.4, -0.2) is 47.6 Å². The summed E-state index contributed by atoms with van der Waals surface area (Å²) >= 11 is 0. The Hall–Kier alpha value is -1.10. The van der Waals surface area contributed by atoms with Gasteiger partial charge in [0.2, 0.25) is 5.91 Å². The van der Waals surface area contributed by atoms with E-state index >= 15 is 0 Å². The van der Waals surface area contributed by atoms with Crippen LogP contribution < -0.4 is 5.32 Å². The Morgan fingerprint density at radius 1 is 1.35 bits per heavy atom. The van der Waals surface area contributed by atoms with E-state index in [9.17, 15) is 9.59 Å². The average Bonchev–Trinajstić information content (AvgIpc) is 2.71. The van der Waals surface area contributed by atoms with Crippen LogP contribution in [0.2, 0.25) is 0 Å².